The number of sulfonamides is 1. The van der Waals surface area contributed by atoms with Crippen molar-refractivity contribution in [2.45, 2.75) is 26.3 Å². The molecule has 2 heterocycles. The lowest BCUT2D eigenvalue weighted by Gasteiger charge is -2.33. The van der Waals surface area contributed by atoms with Crippen LogP contribution in [-0.2, 0) is 21.4 Å². The van der Waals surface area contributed by atoms with Crippen molar-refractivity contribution in [2.24, 2.45) is 0 Å². The average molecular weight is 342 g/mol. The highest BCUT2D eigenvalue weighted by atomic mass is 32.2. The lowest BCUT2D eigenvalue weighted by atomic mass is 10.1. The minimum absolute atomic E-state index is 0.0803. The van der Waals surface area contributed by atoms with Crippen molar-refractivity contribution in [1.29, 1.82) is 0 Å². The number of carbonyl (C=O) groups excluding carboxylic acids is 1. The van der Waals surface area contributed by atoms with Crippen LogP contribution in [0.25, 0.3) is 0 Å². The normalized spacial score (nSPS) is 16.8. The summed E-state index contributed by atoms with van der Waals surface area (Å²) in [4.78, 5) is 30.0. The van der Waals surface area contributed by atoms with E-state index in [2.05, 4.69) is 4.98 Å². The largest absolute Gasteiger partial charge is 0.338 e. The number of rotatable bonds is 4. The van der Waals surface area contributed by atoms with Gasteiger partial charge in [-0.15, -0.1) is 0 Å². The Morgan fingerprint density at radius 2 is 1.87 bits per heavy atom. The summed E-state index contributed by atoms with van der Waals surface area (Å²) in [7, 11) is -3.22. The van der Waals surface area contributed by atoms with Crippen LogP contribution in [0.3, 0.4) is 0 Å². The standard InChI is InChI=1S/C14H22N4O4S/c1-11(2)12-8-13(19)17(10-15-12)9-14(20)16-4-6-18(7-5-16)23(3,21)22/h8,10-11H,4-7,9H2,1-3H3. The quantitative estimate of drug-likeness (QED) is 0.733. The third-order valence-electron chi connectivity index (χ3n) is 3.86. The molecule has 0 aliphatic carbocycles. The van der Waals surface area contributed by atoms with E-state index in [1.807, 2.05) is 13.8 Å². The summed E-state index contributed by atoms with van der Waals surface area (Å²) in [6, 6.07) is 1.44. The number of aromatic nitrogens is 2. The highest BCUT2D eigenvalue weighted by Crippen LogP contribution is 2.08. The first kappa shape index (κ1) is 17.6. The van der Waals surface area contributed by atoms with Gasteiger partial charge in [-0.1, -0.05) is 13.8 Å². The fourth-order valence-electron chi connectivity index (χ4n) is 2.39. The summed E-state index contributed by atoms with van der Waals surface area (Å²) in [6.45, 7) is 5.03. The molecule has 1 aliphatic heterocycles. The van der Waals surface area contributed by atoms with Crippen LogP contribution in [0.15, 0.2) is 17.2 Å². The van der Waals surface area contributed by atoms with Gasteiger partial charge in [0.25, 0.3) is 5.56 Å². The van der Waals surface area contributed by atoms with Crippen LogP contribution in [0.4, 0.5) is 0 Å². The molecule has 1 amide bonds. The Morgan fingerprint density at radius 3 is 2.35 bits per heavy atom. The van der Waals surface area contributed by atoms with Crippen LogP contribution in [0.5, 0.6) is 0 Å². The van der Waals surface area contributed by atoms with E-state index in [4.69, 9.17) is 0 Å². The highest BCUT2D eigenvalue weighted by Gasteiger charge is 2.26. The van der Waals surface area contributed by atoms with E-state index in [9.17, 15) is 18.0 Å². The molecule has 128 valence electrons. The highest BCUT2D eigenvalue weighted by molar-refractivity contribution is 7.88. The molecule has 1 aromatic heterocycles. The summed E-state index contributed by atoms with van der Waals surface area (Å²) in [6.07, 6.45) is 2.55. The molecule has 8 nitrogen and oxygen atoms in total. The minimum Gasteiger partial charge on any atom is -0.338 e. The Balaban J connectivity index is 2.00. The number of piperazine rings is 1. The van der Waals surface area contributed by atoms with Crippen molar-refractivity contribution in [3.8, 4) is 0 Å². The van der Waals surface area contributed by atoms with Crippen molar-refractivity contribution >= 4 is 15.9 Å². The molecule has 0 aromatic carbocycles. The molecule has 0 radical (unpaired) electrons. The monoisotopic (exact) mass is 342 g/mol. The molecule has 1 aromatic rings. The smallest absolute Gasteiger partial charge is 0.254 e. The van der Waals surface area contributed by atoms with Gasteiger partial charge in [0.15, 0.2) is 0 Å². The van der Waals surface area contributed by atoms with E-state index >= 15 is 0 Å². The van der Waals surface area contributed by atoms with Gasteiger partial charge in [0.05, 0.1) is 18.3 Å². The van der Waals surface area contributed by atoms with Gasteiger partial charge in [0.2, 0.25) is 15.9 Å². The third kappa shape index (κ3) is 4.38. The van der Waals surface area contributed by atoms with Crippen molar-refractivity contribution in [2.75, 3.05) is 32.4 Å². The molecule has 0 N–H and O–H groups in total. The number of hydrogen-bond acceptors (Lipinski definition) is 5. The predicted molar refractivity (Wildman–Crippen MR) is 85.6 cm³/mol. The fourth-order valence-corrected chi connectivity index (χ4v) is 3.22. The van der Waals surface area contributed by atoms with Crippen LogP contribution in [-0.4, -0.2) is 65.5 Å². The molecule has 0 unspecified atom stereocenters. The first-order chi connectivity index (χ1) is 10.7. The zero-order valence-corrected chi connectivity index (χ0v) is 14.4. The molecule has 9 heteroatoms. The molecule has 1 aliphatic rings. The zero-order valence-electron chi connectivity index (χ0n) is 13.6. The van der Waals surface area contributed by atoms with Gasteiger partial charge >= 0.3 is 0 Å². The summed E-state index contributed by atoms with van der Waals surface area (Å²) < 4.78 is 25.5. The topological polar surface area (TPSA) is 92.6 Å². The number of hydrogen-bond donors (Lipinski definition) is 0. The molecule has 2 rings (SSSR count). The van der Waals surface area contributed by atoms with E-state index in [1.165, 1.54) is 21.3 Å². The van der Waals surface area contributed by atoms with Crippen LogP contribution < -0.4 is 5.56 Å². The van der Waals surface area contributed by atoms with Crippen molar-refractivity contribution in [3.05, 3.63) is 28.4 Å². The number of carbonyl (C=O) groups is 1. The Labute approximate surface area is 135 Å². The molecular weight excluding hydrogens is 320 g/mol. The van der Waals surface area contributed by atoms with Gasteiger partial charge in [-0.25, -0.2) is 13.4 Å². The molecule has 23 heavy (non-hydrogen) atoms. The van der Waals surface area contributed by atoms with E-state index in [0.717, 1.165) is 6.26 Å². The van der Waals surface area contributed by atoms with Gasteiger partial charge in [-0.3, -0.25) is 14.2 Å². The first-order valence-electron chi connectivity index (χ1n) is 7.48. The van der Waals surface area contributed by atoms with Gasteiger partial charge in [0.1, 0.15) is 6.54 Å². The van der Waals surface area contributed by atoms with Gasteiger partial charge in [-0.05, 0) is 5.92 Å². The Kier molecular flexibility index (Phi) is 5.20. The molecule has 1 fully saturated rings. The van der Waals surface area contributed by atoms with Crippen LogP contribution in [0.2, 0.25) is 0 Å². The summed E-state index contributed by atoms with van der Waals surface area (Å²) >= 11 is 0. The Hall–Kier alpha value is -1.74. The van der Waals surface area contributed by atoms with Crippen LogP contribution in [0.1, 0.15) is 25.5 Å². The van der Waals surface area contributed by atoms with Gasteiger partial charge in [-0.2, -0.15) is 4.31 Å². The van der Waals surface area contributed by atoms with E-state index < -0.39 is 10.0 Å². The summed E-state index contributed by atoms with van der Waals surface area (Å²) in [5, 5.41) is 0. The first-order valence-corrected chi connectivity index (χ1v) is 9.32. The molecule has 0 bridgehead atoms. The predicted octanol–water partition coefficient (Wildman–Crippen LogP) is -0.529. The maximum absolute atomic E-state index is 12.3. The lowest BCUT2D eigenvalue weighted by molar-refractivity contribution is -0.133. The van der Waals surface area contributed by atoms with E-state index in [-0.39, 0.29) is 37.0 Å². The number of nitrogens with zero attached hydrogens (tertiary/aromatic N) is 4. The Bertz CT molecular complexity index is 733. The van der Waals surface area contributed by atoms with Crippen molar-refractivity contribution in [1.82, 2.24) is 18.8 Å². The molecular formula is C14H22N4O4S. The minimum atomic E-state index is -3.22. The van der Waals surface area contributed by atoms with Crippen molar-refractivity contribution in [3.63, 3.8) is 0 Å². The molecule has 0 atom stereocenters. The van der Waals surface area contributed by atoms with Gasteiger partial charge in [0, 0.05) is 32.2 Å². The Morgan fingerprint density at radius 1 is 1.26 bits per heavy atom. The number of amides is 1. The van der Waals surface area contributed by atoms with Crippen LogP contribution in [0, 0.1) is 0 Å². The molecule has 0 saturated carbocycles. The van der Waals surface area contributed by atoms with Crippen LogP contribution >= 0.6 is 0 Å². The zero-order chi connectivity index (χ0) is 17.2. The second kappa shape index (κ2) is 6.79. The second-order valence-electron chi connectivity index (χ2n) is 5.98. The molecule has 0 spiro atoms. The molecule has 1 saturated heterocycles. The third-order valence-corrected chi connectivity index (χ3v) is 5.16. The average Bonchev–Trinajstić information content (AvgIpc) is 2.48. The second-order valence-corrected chi connectivity index (χ2v) is 7.96. The van der Waals surface area contributed by atoms with Gasteiger partial charge < -0.3 is 4.90 Å². The van der Waals surface area contributed by atoms with E-state index in [1.54, 1.807) is 4.90 Å². The maximum atomic E-state index is 12.3. The lowest BCUT2D eigenvalue weighted by Crippen LogP contribution is -2.51. The summed E-state index contributed by atoms with van der Waals surface area (Å²) in [5.74, 6) is -0.0588. The van der Waals surface area contributed by atoms with E-state index in [0.29, 0.717) is 18.8 Å². The maximum Gasteiger partial charge on any atom is 0.254 e. The van der Waals surface area contributed by atoms with Crippen molar-refractivity contribution < 1.29 is 13.2 Å². The fraction of sp³-hybridized carbons (Fsp3) is 0.643. The SMILES string of the molecule is CC(C)c1cc(=O)n(CC(=O)N2CCN(S(C)(=O)=O)CC2)cn1. The summed E-state index contributed by atoms with van der Waals surface area (Å²) in [5.41, 5.74) is 0.437.